The molecule has 6 N–H and O–H groups in total. The number of carbonyl (C=O) groups is 1. The van der Waals surface area contributed by atoms with E-state index < -0.39 is 5.91 Å². The van der Waals surface area contributed by atoms with Crippen LogP contribution in [0.3, 0.4) is 0 Å². The van der Waals surface area contributed by atoms with Crippen LogP contribution in [0.2, 0.25) is 0 Å². The molecule has 2 aromatic heterocycles. The van der Waals surface area contributed by atoms with Crippen LogP contribution in [0.15, 0.2) is 72.1 Å². The lowest BCUT2D eigenvalue weighted by Crippen LogP contribution is -2.45. The summed E-state index contributed by atoms with van der Waals surface area (Å²) in [4.78, 5) is 17.5. The first-order chi connectivity index (χ1) is 18.2. The first kappa shape index (κ1) is 24.3. The van der Waals surface area contributed by atoms with Crippen molar-refractivity contribution in [2.75, 3.05) is 0 Å². The number of benzene rings is 2. The highest BCUT2D eigenvalue weighted by atomic mass is 16.5. The van der Waals surface area contributed by atoms with Crippen LogP contribution >= 0.6 is 0 Å². The maximum Gasteiger partial charge on any atom is 0.263 e. The zero-order valence-corrected chi connectivity index (χ0v) is 20.4. The van der Waals surface area contributed by atoms with E-state index in [-0.39, 0.29) is 5.96 Å². The van der Waals surface area contributed by atoms with E-state index in [1.54, 1.807) is 4.52 Å². The number of nitrogens with zero attached hydrogens (tertiary/aromatic N) is 4. The van der Waals surface area contributed by atoms with Gasteiger partial charge in [-0.1, -0.05) is 61.7 Å². The number of guanidine groups is 1. The van der Waals surface area contributed by atoms with Crippen molar-refractivity contribution in [3.63, 3.8) is 0 Å². The van der Waals surface area contributed by atoms with Gasteiger partial charge in [-0.3, -0.25) is 15.5 Å². The van der Waals surface area contributed by atoms with Gasteiger partial charge in [-0.2, -0.15) is 5.10 Å². The van der Waals surface area contributed by atoms with Crippen molar-refractivity contribution in [1.29, 1.82) is 0 Å². The van der Waals surface area contributed by atoms with E-state index in [2.05, 4.69) is 25.9 Å². The number of hydrogen-bond donors (Lipinski definition) is 4. The predicted octanol–water partition coefficient (Wildman–Crippen LogP) is 3.45. The number of nitrogens with two attached hydrogens (primary N) is 2. The molecule has 2 heterocycles. The second-order valence-corrected chi connectivity index (χ2v) is 9.06. The Kier molecular flexibility index (Phi) is 7.27. The quantitative estimate of drug-likeness (QED) is 0.138. The molecular weight excluding hydrogens is 468 g/mol. The van der Waals surface area contributed by atoms with Gasteiger partial charge in [0.05, 0.1) is 11.9 Å². The molecule has 0 radical (unpaired) electrons. The van der Waals surface area contributed by atoms with Crippen LogP contribution in [0.4, 0.5) is 0 Å². The maximum atomic E-state index is 12.8. The molecule has 1 saturated carbocycles. The Bertz CT molecular complexity index is 1390. The molecule has 1 aliphatic carbocycles. The number of carbonyl (C=O) groups excluding carboxylic acids is 1. The molecule has 4 aromatic rings. The number of fused-ring (bicyclic) bond motifs is 1. The lowest BCUT2D eigenvalue weighted by molar-refractivity contribution is 0.0977. The SMILES string of the molecule is N/N=C(\NN)NC(=O)c1cnn2c(C3CCCCC3)c(-c3ccc(OCc4ccccc4)cc3)cnc12. The van der Waals surface area contributed by atoms with Crippen LogP contribution in [0, 0.1) is 0 Å². The highest BCUT2D eigenvalue weighted by Gasteiger charge is 2.26. The minimum Gasteiger partial charge on any atom is -0.489 e. The van der Waals surface area contributed by atoms with E-state index in [1.807, 2.05) is 60.8 Å². The minimum absolute atomic E-state index is 0.0527. The van der Waals surface area contributed by atoms with Crippen LogP contribution in [0.25, 0.3) is 16.8 Å². The van der Waals surface area contributed by atoms with Gasteiger partial charge in [0.25, 0.3) is 5.91 Å². The highest BCUT2D eigenvalue weighted by molar-refractivity contribution is 6.08. The fourth-order valence-electron chi connectivity index (χ4n) is 4.85. The molecule has 1 aliphatic rings. The lowest BCUT2D eigenvalue weighted by atomic mass is 9.84. The van der Waals surface area contributed by atoms with Crippen LogP contribution in [0.5, 0.6) is 5.75 Å². The van der Waals surface area contributed by atoms with Crippen molar-refractivity contribution in [3.05, 3.63) is 83.8 Å². The van der Waals surface area contributed by atoms with Crippen LogP contribution in [-0.2, 0) is 6.61 Å². The summed E-state index contributed by atoms with van der Waals surface area (Å²) < 4.78 is 7.77. The zero-order valence-electron chi connectivity index (χ0n) is 20.4. The molecule has 190 valence electrons. The second-order valence-electron chi connectivity index (χ2n) is 9.06. The van der Waals surface area contributed by atoms with Gasteiger partial charge in [0.1, 0.15) is 17.9 Å². The summed E-state index contributed by atoms with van der Waals surface area (Å²) >= 11 is 0. The third-order valence-corrected chi connectivity index (χ3v) is 6.71. The summed E-state index contributed by atoms with van der Waals surface area (Å²) in [5, 5.41) is 10.5. The van der Waals surface area contributed by atoms with Crippen LogP contribution in [-0.4, -0.2) is 26.5 Å². The average Bonchev–Trinajstić information content (AvgIpc) is 3.40. The average molecular weight is 499 g/mol. The third kappa shape index (κ3) is 5.24. The second kappa shape index (κ2) is 11.1. The molecule has 1 amide bonds. The Labute approximate surface area is 214 Å². The maximum absolute atomic E-state index is 12.8. The molecule has 1 fully saturated rings. The van der Waals surface area contributed by atoms with Crippen LogP contribution in [0.1, 0.15) is 59.6 Å². The largest absolute Gasteiger partial charge is 0.489 e. The molecule has 2 aromatic carbocycles. The number of amides is 1. The fraction of sp³-hybridized carbons (Fsp3) is 0.259. The summed E-state index contributed by atoms with van der Waals surface area (Å²) in [7, 11) is 0. The standard InChI is InChI=1S/C27H30N8O2/c28-33-27(34-29)32-26(36)23-16-31-35-24(20-9-5-2-6-10-20)22(15-30-25(23)35)19-11-13-21(14-12-19)37-17-18-7-3-1-4-8-18/h1,3-4,7-8,11-16,20H,2,5-6,9-10,17,28-29H2,(H2,32,33,34,36). The lowest BCUT2D eigenvalue weighted by Gasteiger charge is -2.25. The van der Waals surface area contributed by atoms with Gasteiger partial charge < -0.3 is 10.6 Å². The summed E-state index contributed by atoms with van der Waals surface area (Å²) in [6.07, 6.45) is 9.02. The van der Waals surface area contributed by atoms with Gasteiger partial charge in [-0.15, -0.1) is 5.10 Å². The topological polar surface area (TPSA) is 145 Å². The van der Waals surface area contributed by atoms with Crippen molar-refractivity contribution < 1.29 is 9.53 Å². The summed E-state index contributed by atoms with van der Waals surface area (Å²) in [5.41, 5.74) is 7.22. The number of hydrazine groups is 1. The molecular formula is C27H30N8O2. The number of ether oxygens (including phenoxy) is 1. The molecule has 37 heavy (non-hydrogen) atoms. The Morgan fingerprint density at radius 2 is 1.81 bits per heavy atom. The number of nitrogens with one attached hydrogen (secondary N) is 2. The van der Waals surface area contributed by atoms with E-state index in [0.29, 0.717) is 23.7 Å². The Morgan fingerprint density at radius 3 is 2.51 bits per heavy atom. The van der Waals surface area contributed by atoms with Gasteiger partial charge in [0, 0.05) is 17.7 Å². The smallest absolute Gasteiger partial charge is 0.263 e. The van der Waals surface area contributed by atoms with E-state index in [1.165, 1.54) is 12.6 Å². The third-order valence-electron chi connectivity index (χ3n) is 6.71. The monoisotopic (exact) mass is 498 g/mol. The van der Waals surface area contributed by atoms with E-state index in [9.17, 15) is 4.79 Å². The van der Waals surface area contributed by atoms with Crippen molar-refractivity contribution in [2.24, 2.45) is 16.8 Å². The zero-order chi connectivity index (χ0) is 25.6. The fourth-order valence-corrected chi connectivity index (χ4v) is 4.85. The van der Waals surface area contributed by atoms with E-state index >= 15 is 0 Å². The molecule has 10 nitrogen and oxygen atoms in total. The van der Waals surface area contributed by atoms with Gasteiger partial charge in [0.15, 0.2) is 5.65 Å². The van der Waals surface area contributed by atoms with Gasteiger partial charge in [-0.25, -0.2) is 15.3 Å². The highest BCUT2D eigenvalue weighted by Crippen LogP contribution is 2.38. The first-order valence-electron chi connectivity index (χ1n) is 12.4. The first-order valence-corrected chi connectivity index (χ1v) is 12.4. The molecule has 0 atom stereocenters. The van der Waals surface area contributed by atoms with E-state index in [0.717, 1.165) is 53.8 Å². The molecule has 0 aliphatic heterocycles. The number of aromatic nitrogens is 3. The summed E-state index contributed by atoms with van der Waals surface area (Å²) in [6, 6.07) is 18.1. The molecule has 10 heteroatoms. The molecule has 5 rings (SSSR count). The summed E-state index contributed by atoms with van der Waals surface area (Å²) in [5.74, 6) is 11.2. The summed E-state index contributed by atoms with van der Waals surface area (Å²) in [6.45, 7) is 0.509. The van der Waals surface area contributed by atoms with Crippen molar-refractivity contribution >= 4 is 17.5 Å². The Morgan fingerprint density at radius 1 is 1.05 bits per heavy atom. The van der Waals surface area contributed by atoms with Crippen molar-refractivity contribution in [3.8, 4) is 16.9 Å². The number of rotatable bonds is 6. The minimum atomic E-state index is -0.452. The number of hydrazone groups is 1. The Balaban J connectivity index is 1.48. The molecule has 0 bridgehead atoms. The van der Waals surface area contributed by atoms with Crippen molar-refractivity contribution in [2.45, 2.75) is 44.6 Å². The van der Waals surface area contributed by atoms with Crippen LogP contribution < -0.4 is 27.2 Å². The van der Waals surface area contributed by atoms with E-state index in [4.69, 9.17) is 16.4 Å². The Hall–Kier alpha value is -4.44. The van der Waals surface area contributed by atoms with Gasteiger partial charge >= 0.3 is 0 Å². The normalized spacial score (nSPS) is 14.5. The van der Waals surface area contributed by atoms with Gasteiger partial charge in [-0.05, 0) is 36.1 Å². The van der Waals surface area contributed by atoms with Crippen molar-refractivity contribution in [1.82, 2.24) is 25.3 Å². The molecule has 0 spiro atoms. The van der Waals surface area contributed by atoms with Gasteiger partial charge in [0.2, 0.25) is 5.96 Å². The predicted molar refractivity (Wildman–Crippen MR) is 141 cm³/mol. The number of hydrogen-bond acceptors (Lipinski definition) is 7. The molecule has 0 unspecified atom stereocenters. The molecule has 0 saturated heterocycles.